The Morgan fingerprint density at radius 1 is 1.53 bits per heavy atom. The summed E-state index contributed by atoms with van der Waals surface area (Å²) in [6, 6.07) is 2.08. The number of ether oxygens (including phenoxy) is 2. The van der Waals surface area contributed by atoms with Crippen LogP contribution in [0.3, 0.4) is 0 Å². The molecule has 1 aliphatic rings. The van der Waals surface area contributed by atoms with Gasteiger partial charge in [-0.1, -0.05) is 0 Å². The fourth-order valence-electron chi connectivity index (χ4n) is 1.77. The minimum absolute atomic E-state index is 0.0550. The smallest absolute Gasteiger partial charge is 0.0958 e. The Hall–Kier alpha value is -0.420. The quantitative estimate of drug-likeness (QED) is 0.855. The van der Waals surface area contributed by atoms with Crippen molar-refractivity contribution >= 4 is 11.3 Å². The third-order valence-corrected chi connectivity index (χ3v) is 3.36. The van der Waals surface area contributed by atoms with Crippen molar-refractivity contribution in [1.29, 1.82) is 0 Å². The molecule has 0 aromatic carbocycles. The van der Waals surface area contributed by atoms with E-state index in [2.05, 4.69) is 16.8 Å². The lowest BCUT2D eigenvalue weighted by molar-refractivity contribution is -0.0664. The molecule has 0 saturated carbocycles. The van der Waals surface area contributed by atoms with E-state index in [9.17, 15) is 0 Å². The summed E-state index contributed by atoms with van der Waals surface area (Å²) in [6.07, 6.45) is 2.34. The number of hydrogen-bond donors (Lipinski definition) is 1. The highest BCUT2D eigenvalue weighted by molar-refractivity contribution is 7.07. The average Bonchev–Trinajstić information content (AvgIpc) is 2.81. The first kappa shape index (κ1) is 11.1. The molecule has 1 aromatic heterocycles. The van der Waals surface area contributed by atoms with E-state index in [1.165, 1.54) is 5.56 Å². The Labute approximate surface area is 94.2 Å². The second-order valence-electron chi connectivity index (χ2n) is 3.73. The monoisotopic (exact) mass is 227 g/mol. The van der Waals surface area contributed by atoms with E-state index in [0.29, 0.717) is 12.6 Å². The molecular formula is C11H17NO2S. The molecule has 2 rings (SSSR count). The molecule has 1 aliphatic heterocycles. The lowest BCUT2D eigenvalue weighted by atomic mass is 10.1. The maximum Gasteiger partial charge on any atom is 0.0958 e. The minimum atomic E-state index is 0.0550. The van der Waals surface area contributed by atoms with Crippen molar-refractivity contribution < 1.29 is 9.47 Å². The summed E-state index contributed by atoms with van der Waals surface area (Å²) in [7, 11) is 0. The molecule has 0 radical (unpaired) electrons. The van der Waals surface area contributed by atoms with Crippen molar-refractivity contribution in [1.82, 2.24) is 0 Å². The summed E-state index contributed by atoms with van der Waals surface area (Å²) in [6.45, 7) is 2.17. The van der Waals surface area contributed by atoms with Gasteiger partial charge in [0.25, 0.3) is 0 Å². The molecule has 1 atom stereocenters. The van der Waals surface area contributed by atoms with Crippen LogP contribution in [0, 0.1) is 0 Å². The van der Waals surface area contributed by atoms with Crippen molar-refractivity contribution in [2.45, 2.75) is 25.0 Å². The van der Waals surface area contributed by atoms with Gasteiger partial charge in [0.15, 0.2) is 0 Å². The molecule has 1 fully saturated rings. The summed E-state index contributed by atoms with van der Waals surface area (Å²) in [5, 5.41) is 4.17. The topological polar surface area (TPSA) is 44.5 Å². The number of nitrogens with two attached hydrogens (primary N) is 1. The molecule has 0 spiro atoms. The van der Waals surface area contributed by atoms with E-state index in [1.807, 2.05) is 0 Å². The molecule has 4 heteroatoms. The van der Waals surface area contributed by atoms with Crippen LogP contribution in [0.1, 0.15) is 24.5 Å². The van der Waals surface area contributed by atoms with Crippen LogP contribution in [0.2, 0.25) is 0 Å². The summed E-state index contributed by atoms with van der Waals surface area (Å²) < 4.78 is 11.3. The van der Waals surface area contributed by atoms with Crippen molar-refractivity contribution in [2.24, 2.45) is 5.73 Å². The molecule has 1 aromatic rings. The second kappa shape index (κ2) is 5.61. The normalized spacial score (nSPS) is 20.3. The van der Waals surface area contributed by atoms with E-state index in [0.717, 1.165) is 26.1 Å². The molecular weight excluding hydrogens is 210 g/mol. The highest BCUT2D eigenvalue weighted by atomic mass is 32.1. The lowest BCUT2D eigenvalue weighted by Crippen LogP contribution is -2.27. The van der Waals surface area contributed by atoms with Gasteiger partial charge in [0.05, 0.1) is 12.2 Å². The van der Waals surface area contributed by atoms with Gasteiger partial charge in [0.1, 0.15) is 0 Å². The predicted molar refractivity (Wildman–Crippen MR) is 61.0 cm³/mol. The van der Waals surface area contributed by atoms with Crippen molar-refractivity contribution in [2.75, 3.05) is 19.8 Å². The standard InChI is InChI=1S/C11H17NO2S/c12-7-11(9-3-6-15-8-9)14-10-1-4-13-5-2-10/h3,6,8,10-11H,1-2,4-5,7,12H2. The van der Waals surface area contributed by atoms with Crippen molar-refractivity contribution in [3.8, 4) is 0 Å². The van der Waals surface area contributed by atoms with Crippen LogP contribution >= 0.6 is 11.3 Å². The molecule has 0 bridgehead atoms. The van der Waals surface area contributed by atoms with Gasteiger partial charge < -0.3 is 15.2 Å². The van der Waals surface area contributed by atoms with Gasteiger partial charge in [-0.3, -0.25) is 0 Å². The molecule has 1 unspecified atom stereocenters. The van der Waals surface area contributed by atoms with Gasteiger partial charge in [0.2, 0.25) is 0 Å². The van der Waals surface area contributed by atoms with E-state index in [4.69, 9.17) is 15.2 Å². The molecule has 15 heavy (non-hydrogen) atoms. The highest BCUT2D eigenvalue weighted by Gasteiger charge is 2.19. The maximum absolute atomic E-state index is 5.99. The molecule has 1 saturated heterocycles. The SMILES string of the molecule is NCC(OC1CCOCC1)c1ccsc1. The third kappa shape index (κ3) is 3.01. The van der Waals surface area contributed by atoms with E-state index >= 15 is 0 Å². The molecule has 0 aliphatic carbocycles. The largest absolute Gasteiger partial charge is 0.381 e. The molecule has 84 valence electrons. The van der Waals surface area contributed by atoms with Gasteiger partial charge in [-0.25, -0.2) is 0 Å². The van der Waals surface area contributed by atoms with Gasteiger partial charge in [0, 0.05) is 19.8 Å². The van der Waals surface area contributed by atoms with Crippen LogP contribution in [0.25, 0.3) is 0 Å². The Bertz CT molecular complexity index is 270. The lowest BCUT2D eigenvalue weighted by Gasteiger charge is -2.26. The Morgan fingerprint density at radius 3 is 2.93 bits per heavy atom. The van der Waals surface area contributed by atoms with E-state index < -0.39 is 0 Å². The Balaban J connectivity index is 1.90. The number of hydrogen-bond acceptors (Lipinski definition) is 4. The van der Waals surface area contributed by atoms with E-state index in [1.54, 1.807) is 11.3 Å². The van der Waals surface area contributed by atoms with Gasteiger partial charge in [-0.15, -0.1) is 0 Å². The average molecular weight is 227 g/mol. The van der Waals surface area contributed by atoms with Crippen LogP contribution in [0.4, 0.5) is 0 Å². The summed E-state index contributed by atoms with van der Waals surface area (Å²) >= 11 is 1.69. The fraction of sp³-hybridized carbons (Fsp3) is 0.636. The van der Waals surface area contributed by atoms with Crippen LogP contribution in [-0.2, 0) is 9.47 Å². The van der Waals surface area contributed by atoms with Crippen LogP contribution < -0.4 is 5.73 Å². The third-order valence-electron chi connectivity index (χ3n) is 2.65. The predicted octanol–water partition coefficient (Wildman–Crippen LogP) is 1.94. The zero-order valence-corrected chi connectivity index (χ0v) is 9.54. The molecule has 3 nitrogen and oxygen atoms in total. The van der Waals surface area contributed by atoms with E-state index in [-0.39, 0.29) is 6.10 Å². The first-order valence-electron chi connectivity index (χ1n) is 5.35. The van der Waals surface area contributed by atoms with Gasteiger partial charge in [-0.05, 0) is 35.2 Å². The first-order chi connectivity index (χ1) is 7.40. The zero-order chi connectivity index (χ0) is 10.5. The Kier molecular flexibility index (Phi) is 4.14. The maximum atomic E-state index is 5.99. The molecule has 2 heterocycles. The summed E-state index contributed by atoms with van der Waals surface area (Å²) in [5.41, 5.74) is 6.93. The van der Waals surface area contributed by atoms with Crippen LogP contribution in [0.5, 0.6) is 0 Å². The van der Waals surface area contributed by atoms with Crippen LogP contribution in [-0.4, -0.2) is 25.9 Å². The second-order valence-corrected chi connectivity index (χ2v) is 4.51. The minimum Gasteiger partial charge on any atom is -0.381 e. The number of thiophene rings is 1. The Morgan fingerprint density at radius 2 is 2.33 bits per heavy atom. The molecule has 0 amide bonds. The summed E-state index contributed by atoms with van der Waals surface area (Å²) in [4.78, 5) is 0. The summed E-state index contributed by atoms with van der Waals surface area (Å²) in [5.74, 6) is 0. The highest BCUT2D eigenvalue weighted by Crippen LogP contribution is 2.23. The van der Waals surface area contributed by atoms with Crippen molar-refractivity contribution in [3.05, 3.63) is 22.4 Å². The fourth-order valence-corrected chi connectivity index (χ4v) is 2.47. The van der Waals surface area contributed by atoms with Crippen molar-refractivity contribution in [3.63, 3.8) is 0 Å². The zero-order valence-electron chi connectivity index (χ0n) is 8.72. The first-order valence-corrected chi connectivity index (χ1v) is 6.30. The molecule has 2 N–H and O–H groups in total. The number of rotatable bonds is 4. The van der Waals surface area contributed by atoms with Gasteiger partial charge in [-0.2, -0.15) is 11.3 Å². The van der Waals surface area contributed by atoms with Crippen LogP contribution in [0.15, 0.2) is 16.8 Å². The van der Waals surface area contributed by atoms with Gasteiger partial charge >= 0.3 is 0 Å².